The minimum atomic E-state index is -1.98. The summed E-state index contributed by atoms with van der Waals surface area (Å²) >= 11 is 0. The van der Waals surface area contributed by atoms with E-state index in [0.717, 1.165) is 6.92 Å². The second-order valence-electron chi connectivity index (χ2n) is 17.0. The third kappa shape index (κ3) is 25.2. The van der Waals surface area contributed by atoms with Crippen LogP contribution in [0.4, 0.5) is 0 Å². The Morgan fingerprint density at radius 3 is 1.55 bits per heavy atom. The molecule has 0 saturated carbocycles. The normalized spacial score (nSPS) is 14.0. The summed E-state index contributed by atoms with van der Waals surface area (Å²) in [7, 11) is 0. The molecular weight excluding hydrogens is 983 g/mol. The van der Waals surface area contributed by atoms with Gasteiger partial charge in [-0.25, -0.2) is 0 Å². The lowest BCUT2D eigenvalue weighted by molar-refractivity contribution is -0.142. The van der Waals surface area contributed by atoms with Gasteiger partial charge in [0, 0.05) is 25.9 Å². The van der Waals surface area contributed by atoms with E-state index in [1.54, 1.807) is 0 Å². The van der Waals surface area contributed by atoms with E-state index >= 15 is 0 Å². The zero-order chi connectivity index (χ0) is 56.2. The summed E-state index contributed by atoms with van der Waals surface area (Å²) in [6.07, 6.45) is -1.93. The lowest BCUT2D eigenvalue weighted by atomic mass is 10.0. The molecule has 31 nitrogen and oxygen atoms in total. The van der Waals surface area contributed by atoms with Crippen LogP contribution in [-0.2, 0) is 59.2 Å². The number of aromatic hydroxyl groups is 1. The number of nitrogens with one attached hydrogen (secondary N) is 12. The number of carbonyl (C=O) groups excluding carboxylic acids is 8. The van der Waals surface area contributed by atoms with E-state index in [9.17, 15) is 68.1 Å². The Kier molecular flexibility index (Phi) is 28.0. The predicted molar refractivity (Wildman–Crippen MR) is 259 cm³/mol. The van der Waals surface area contributed by atoms with Crippen molar-refractivity contribution >= 4 is 77.1 Å². The number of rotatable bonds is 34. The number of nitrogens with two attached hydrogens (primary N) is 3. The highest BCUT2D eigenvalue weighted by Crippen LogP contribution is 2.13. The molecule has 0 spiro atoms. The van der Waals surface area contributed by atoms with Crippen molar-refractivity contribution in [2.24, 2.45) is 23.1 Å². The van der Waals surface area contributed by atoms with Gasteiger partial charge < -0.3 is 95.9 Å². The Balaban J connectivity index is 3.31. The van der Waals surface area contributed by atoms with Crippen molar-refractivity contribution < 1.29 is 78.3 Å². The van der Waals surface area contributed by atoms with Gasteiger partial charge in [0.1, 0.15) is 54.6 Å². The van der Waals surface area contributed by atoms with Crippen LogP contribution in [0.3, 0.4) is 0 Å². The first-order valence-corrected chi connectivity index (χ1v) is 23.0. The van der Waals surface area contributed by atoms with Crippen molar-refractivity contribution in [1.82, 2.24) is 53.2 Å². The summed E-state index contributed by atoms with van der Waals surface area (Å²) in [4.78, 5) is 141. The number of carboxylic acid groups (broad SMARTS) is 3. The van der Waals surface area contributed by atoms with E-state index < -0.39 is 152 Å². The van der Waals surface area contributed by atoms with Gasteiger partial charge in [0.15, 0.2) is 11.9 Å². The Morgan fingerprint density at radius 1 is 0.541 bits per heavy atom. The van der Waals surface area contributed by atoms with Gasteiger partial charge in [-0.1, -0.05) is 26.0 Å². The molecule has 0 saturated heterocycles. The smallest absolute Gasteiger partial charge is 0.322 e. The number of aliphatic hydroxyl groups is 1. The Morgan fingerprint density at radius 2 is 1.03 bits per heavy atom. The second kappa shape index (κ2) is 32.6. The first kappa shape index (κ1) is 63.7. The number of phenolic OH excluding ortho intramolecular Hbond substituents is 1. The van der Waals surface area contributed by atoms with Crippen molar-refractivity contribution in [2.45, 2.75) is 120 Å². The van der Waals surface area contributed by atoms with Gasteiger partial charge in [-0.15, -0.1) is 0 Å². The van der Waals surface area contributed by atoms with Crippen LogP contribution in [0, 0.1) is 16.7 Å². The van der Waals surface area contributed by atoms with Crippen LogP contribution < -0.4 is 70.4 Å². The maximum absolute atomic E-state index is 13.9. The van der Waals surface area contributed by atoms with Crippen LogP contribution in [0.25, 0.3) is 0 Å². The van der Waals surface area contributed by atoms with Gasteiger partial charge in [0.05, 0.1) is 19.1 Å². The zero-order valence-electron chi connectivity index (χ0n) is 40.9. The average molecular weight is 1050 g/mol. The van der Waals surface area contributed by atoms with E-state index in [0.29, 0.717) is 12.0 Å². The maximum atomic E-state index is 13.9. The fraction of sp³-hybridized carbons (Fsp3) is 0.558. The fourth-order valence-electron chi connectivity index (χ4n) is 6.50. The summed E-state index contributed by atoms with van der Waals surface area (Å²) in [6.45, 7) is 2.36. The summed E-state index contributed by atoms with van der Waals surface area (Å²) in [5.41, 5.74) is 17.1. The lowest BCUT2D eigenvalue weighted by Crippen LogP contribution is -2.61. The number of amides is 8. The highest BCUT2D eigenvalue weighted by molar-refractivity contribution is 5.99. The number of guanidine groups is 2. The van der Waals surface area contributed by atoms with Crippen LogP contribution in [0.1, 0.15) is 71.3 Å². The quantitative estimate of drug-likeness (QED) is 0.0173. The van der Waals surface area contributed by atoms with E-state index in [1.807, 2.05) is 5.32 Å². The minimum Gasteiger partial charge on any atom is -0.508 e. The van der Waals surface area contributed by atoms with Crippen LogP contribution in [-0.4, -0.2) is 177 Å². The van der Waals surface area contributed by atoms with Crippen molar-refractivity contribution in [3.63, 3.8) is 0 Å². The summed E-state index contributed by atoms with van der Waals surface area (Å²) < 4.78 is 0. The molecule has 0 aromatic heterocycles. The molecule has 0 unspecified atom stereocenters. The van der Waals surface area contributed by atoms with Crippen molar-refractivity contribution in [2.75, 3.05) is 26.2 Å². The number of benzene rings is 1. The third-order valence-electron chi connectivity index (χ3n) is 10.5. The molecule has 412 valence electrons. The lowest BCUT2D eigenvalue weighted by Gasteiger charge is -2.27. The standard InChI is InChI=1S/C43H69N15O16/c1-20(2)33(41(74)54-26(12-13-30(61)62)36(69)51-18-32(65)66)58-40(73)29(19-59)57-39(72)28(17-31(63)64)55-34(67)21(3)52-38(71)27(16-22-8-10-23(60)11-9-22)56-37(70)25(7-5-15-50-43(47)48)53-35(68)24(44)6-4-14-49-42(45)46/h8-11,20-21,24-29,33,59-60H,4-7,12-19,44H2,1-3H3,(H,51,69)(H,52,71)(H,53,68)(H,54,74)(H,55,67)(H,56,70)(H,57,72)(H,58,73)(H,61,62)(H,63,64)(H,65,66)(H4,45,46,49)(H4,47,48,50)/t21-,24-,25-,26-,27-,28-,29-,33-/m0/s1. The van der Waals surface area contributed by atoms with E-state index in [4.69, 9.17) is 38.2 Å². The summed E-state index contributed by atoms with van der Waals surface area (Å²) in [6, 6.07) is -7.03. The summed E-state index contributed by atoms with van der Waals surface area (Å²) in [5.74, 6) is -14.4. The number of carboxylic acids is 3. The van der Waals surface area contributed by atoms with Crippen LogP contribution in [0.15, 0.2) is 24.3 Å². The third-order valence-corrected chi connectivity index (χ3v) is 10.5. The minimum absolute atomic E-state index is 0.0590. The van der Waals surface area contributed by atoms with Crippen molar-refractivity contribution in [3.05, 3.63) is 29.8 Å². The second-order valence-corrected chi connectivity index (χ2v) is 17.0. The molecule has 8 atom stereocenters. The topological polar surface area (TPSA) is 535 Å². The molecule has 8 amide bonds. The van der Waals surface area contributed by atoms with Gasteiger partial charge >= 0.3 is 17.9 Å². The number of hydrogen-bond donors (Lipinski definition) is 20. The SMILES string of the molecule is CC(C)[C@H](NC(=O)[C@H](CO)NC(=O)[C@H](CC(=O)O)NC(=O)[C@H](C)NC(=O)[C@H](Cc1ccc(O)cc1)NC(=O)[C@H](CCCNC(=N)N)NC(=O)[C@@H](N)CCCNC(=N)N)C(=O)N[C@@H](CCC(=O)O)C(=O)NCC(=O)O. The van der Waals surface area contributed by atoms with Crippen LogP contribution in [0.2, 0.25) is 0 Å². The van der Waals surface area contributed by atoms with Crippen molar-refractivity contribution in [3.8, 4) is 5.75 Å². The van der Waals surface area contributed by atoms with Gasteiger partial charge in [0.2, 0.25) is 47.3 Å². The molecule has 31 heteroatoms. The monoisotopic (exact) mass is 1050 g/mol. The maximum Gasteiger partial charge on any atom is 0.322 e. The van der Waals surface area contributed by atoms with Crippen LogP contribution >= 0.6 is 0 Å². The molecule has 0 fully saturated rings. The van der Waals surface area contributed by atoms with Gasteiger partial charge in [-0.2, -0.15) is 0 Å². The van der Waals surface area contributed by atoms with Gasteiger partial charge in [-0.3, -0.25) is 63.6 Å². The highest BCUT2D eigenvalue weighted by atomic mass is 16.4. The molecular formula is C43H69N15O16. The molecule has 0 aliphatic carbocycles. The molecule has 0 bridgehead atoms. The summed E-state index contributed by atoms with van der Waals surface area (Å²) in [5, 5.41) is 85.6. The average Bonchev–Trinajstić information content (AvgIpc) is 3.31. The van der Waals surface area contributed by atoms with E-state index in [2.05, 4.69) is 47.9 Å². The highest BCUT2D eigenvalue weighted by Gasteiger charge is 2.35. The molecule has 1 aromatic rings. The van der Waals surface area contributed by atoms with Crippen LogP contribution in [0.5, 0.6) is 5.75 Å². The first-order valence-electron chi connectivity index (χ1n) is 23.0. The number of aliphatic hydroxyl groups excluding tert-OH is 1. The molecule has 0 heterocycles. The van der Waals surface area contributed by atoms with E-state index in [1.165, 1.54) is 38.1 Å². The molecule has 0 radical (unpaired) electrons. The predicted octanol–water partition coefficient (Wildman–Crippen LogP) is -6.61. The van der Waals surface area contributed by atoms with Gasteiger partial charge in [-0.05, 0) is 62.6 Å². The Labute approximate surface area is 424 Å². The molecule has 23 N–H and O–H groups in total. The fourth-order valence-corrected chi connectivity index (χ4v) is 6.50. The molecule has 1 rings (SSSR count). The van der Waals surface area contributed by atoms with Crippen molar-refractivity contribution in [1.29, 1.82) is 10.8 Å². The number of hydrogen-bond acceptors (Lipinski definition) is 16. The number of carbonyl (C=O) groups is 11. The molecule has 1 aromatic carbocycles. The Hall–Kier alpha value is -8.35. The van der Waals surface area contributed by atoms with E-state index in [-0.39, 0.29) is 56.4 Å². The zero-order valence-corrected chi connectivity index (χ0v) is 40.9. The number of aliphatic carboxylic acids is 3. The largest absolute Gasteiger partial charge is 0.508 e. The number of phenols is 1. The molecule has 0 aliphatic heterocycles. The molecule has 0 aliphatic rings. The molecule has 74 heavy (non-hydrogen) atoms. The Bertz CT molecular complexity index is 2160. The first-order chi connectivity index (χ1) is 34.6. The van der Waals surface area contributed by atoms with Gasteiger partial charge in [0.25, 0.3) is 0 Å².